The summed E-state index contributed by atoms with van der Waals surface area (Å²) < 4.78 is 172. The Balaban J connectivity index is 0.685. The lowest BCUT2D eigenvalue weighted by molar-refractivity contribution is -0.272. The number of aryl methyl sites for hydroxylation is 2. The molecule has 5 aromatic rings. The van der Waals surface area contributed by atoms with E-state index in [4.69, 9.17) is 61.6 Å². The van der Waals surface area contributed by atoms with Crippen LogP contribution in [0.5, 0.6) is 17.2 Å². The molecule has 118 heavy (non-hydrogen) atoms. The normalized spacial score (nSPS) is 19.7. The molecule has 10 atom stereocenters. The average Bonchev–Trinajstić information content (AvgIpc) is 0.900. The third-order valence-corrected chi connectivity index (χ3v) is 19.7. The Morgan fingerprint density at radius 1 is 0.424 bits per heavy atom. The Bertz CT molecular complexity index is 3610. The first kappa shape index (κ1) is 98.3. The van der Waals surface area contributed by atoms with Crippen LogP contribution in [0.15, 0.2) is 60.9 Å². The van der Waals surface area contributed by atoms with Gasteiger partial charge in [-0.3, -0.25) is 28.4 Å². The number of nitrogens with one attached hydrogen (secondary N) is 2. The van der Waals surface area contributed by atoms with E-state index < -0.39 is 136 Å². The van der Waals surface area contributed by atoms with Gasteiger partial charge in [0.1, 0.15) is 48.1 Å². The number of unbranched alkanes of at least 4 members (excludes halogenated alkanes) is 4. The number of anilines is 2. The molecule has 0 aliphatic carbocycles. The van der Waals surface area contributed by atoms with Crippen LogP contribution in [0.3, 0.4) is 0 Å². The summed E-state index contributed by atoms with van der Waals surface area (Å²) in [6.07, 6.45) is -7.49. The topological polar surface area (TPSA) is 506 Å². The number of rotatable bonds is 61. The first-order valence-electron chi connectivity index (χ1n) is 38.6. The summed E-state index contributed by atoms with van der Waals surface area (Å²) in [5, 5.41) is 84.3. The second kappa shape index (κ2) is 53.2. The van der Waals surface area contributed by atoms with E-state index in [1.165, 1.54) is 24.3 Å². The molecule has 3 aromatic carbocycles. The number of halogens is 5. The molecule has 2 aliphatic heterocycles. The second-order valence-electron chi connectivity index (χ2n) is 27.3. The number of aliphatic hydroxyl groups is 6. The molecule has 0 unspecified atom stereocenters. The lowest BCUT2D eigenvalue weighted by Gasteiger charge is -2.40. The number of amides is 2. The lowest BCUT2D eigenvalue weighted by atomic mass is 9.97. The van der Waals surface area contributed by atoms with E-state index in [0.717, 1.165) is 37.1 Å². The first-order chi connectivity index (χ1) is 56.6. The summed E-state index contributed by atoms with van der Waals surface area (Å²) in [7, 11) is -8.83. The van der Waals surface area contributed by atoms with Crippen molar-refractivity contribution in [1.29, 1.82) is 0 Å². The van der Waals surface area contributed by atoms with Crippen LogP contribution in [-0.2, 0) is 102 Å². The molecule has 2 aromatic heterocycles. The number of ether oxygens (including phenoxy) is 14. The highest BCUT2D eigenvalue weighted by molar-refractivity contribution is 7.52. The van der Waals surface area contributed by atoms with Gasteiger partial charge in [-0.05, 0) is 99.9 Å². The number of carbonyl (C=O) groups is 3. The van der Waals surface area contributed by atoms with E-state index in [1.807, 2.05) is 12.4 Å². The highest BCUT2D eigenvalue weighted by atomic mass is 31.2. The zero-order valence-electron chi connectivity index (χ0n) is 65.1. The number of nitrogens with zero attached hydrogens (tertiary/aromatic N) is 7. The van der Waals surface area contributed by atoms with Gasteiger partial charge in [-0.15, -0.1) is 10.2 Å². The van der Waals surface area contributed by atoms with E-state index in [-0.39, 0.29) is 82.0 Å². The van der Waals surface area contributed by atoms with Crippen molar-refractivity contribution in [1.82, 2.24) is 34.9 Å². The van der Waals surface area contributed by atoms with E-state index in [1.54, 1.807) is 33.6 Å². The fourth-order valence-electron chi connectivity index (χ4n) is 11.6. The van der Waals surface area contributed by atoms with Crippen LogP contribution in [0, 0.1) is 29.1 Å². The maximum Gasteiger partial charge on any atom is 0.325 e. The minimum absolute atomic E-state index is 0.0101. The van der Waals surface area contributed by atoms with Gasteiger partial charge < -0.3 is 127 Å². The van der Waals surface area contributed by atoms with Gasteiger partial charge in [0.15, 0.2) is 0 Å². The van der Waals surface area contributed by atoms with Crippen molar-refractivity contribution in [2.45, 2.75) is 158 Å². The third kappa shape index (κ3) is 37.3. The van der Waals surface area contributed by atoms with Crippen molar-refractivity contribution >= 4 is 44.3 Å². The maximum absolute atomic E-state index is 13.9. The van der Waals surface area contributed by atoms with E-state index in [2.05, 4.69) is 40.9 Å². The molecule has 0 spiro atoms. The summed E-state index contributed by atoms with van der Waals surface area (Å²) in [4.78, 5) is 76.2. The van der Waals surface area contributed by atoms with Gasteiger partial charge in [-0.2, -0.15) is 8.78 Å². The van der Waals surface area contributed by atoms with E-state index in [0.29, 0.717) is 156 Å². The number of hydrogen-bond acceptors (Lipinski definition) is 30. The zero-order chi connectivity index (χ0) is 85.2. The molecule has 0 saturated carbocycles. The largest absolute Gasteiger partial charge is 0.462 e. The van der Waals surface area contributed by atoms with Crippen molar-refractivity contribution in [3.05, 3.63) is 101 Å². The molecule has 12 N–H and O–H groups in total. The minimum atomic E-state index is -4.41. The Labute approximate surface area is 676 Å². The predicted octanol–water partition coefficient (Wildman–Crippen LogP) is 2.70. The quantitative estimate of drug-likeness (QED) is 0.00506. The van der Waals surface area contributed by atoms with Crippen molar-refractivity contribution in [2.75, 3.05) is 162 Å². The summed E-state index contributed by atoms with van der Waals surface area (Å²) in [5.74, 6) is -14.4. The SMILES string of the molecule is O=C(CCCCCc1cn(CCOCCOCCOCCN(CCOCCOCCOCCC(=O)Oc2c(F)c(F)c(F)c(F)c2F)CCOCCOCCOCCn2cc(CCCCCC(=O)Nc3ccc(O[C@H]4O[C@H](CCP(=O)(O)O)[C@@H](O)[C@H](O)[C@@H]4O)cc3)nn2)nn1)Nc1ccc(O[C@H]2O[C@H](CCP(=O)(O)O)[C@@H](O)[C@H](O)[C@@H]2O)cc1. The van der Waals surface area contributed by atoms with Crippen LogP contribution in [0.25, 0.3) is 0 Å². The third-order valence-electron chi connectivity index (χ3n) is 18.0. The van der Waals surface area contributed by atoms with Crippen molar-refractivity contribution in [2.24, 2.45) is 0 Å². The first-order valence-corrected chi connectivity index (χ1v) is 42.2. The minimum Gasteiger partial charge on any atom is -0.462 e. The molecule has 2 saturated heterocycles. The Morgan fingerprint density at radius 2 is 0.763 bits per heavy atom. The molecule has 0 bridgehead atoms. The van der Waals surface area contributed by atoms with Crippen LogP contribution >= 0.6 is 15.2 Å². The summed E-state index contributed by atoms with van der Waals surface area (Å²) in [6.45, 7) is 7.43. The standard InChI is InChI=1S/C73H108F5N9O29P2/c74-60-61(75)63(77)71(64(78)62(60)76)116-59(90)19-27-103-33-39-109-40-34-104-28-22-85(23-29-105-35-41-110-43-37-107-31-25-86-47-51(81-83-86)7-3-1-5-9-57(88)79-49-11-15-53(16-12-49)112-72-69(95)67(93)65(91)55(114-72)20-45-117(97,98)99)24-30-106-36-42-111-44-38-108-32-26-87-48-52(82-84-87)8-4-2-6-10-58(89)80-50-13-17-54(18-14-50)113-73-70(96)68(94)66(92)56(115-73)21-46-118(100,101)102/h11-18,47-48,55-56,65-70,72-73,91-96H,1-10,19-46H2,(H,79,88)(H,80,89)(H2,97,98,99)(H2,100,101,102)/t55-,56-,65-,66-,67+,68+,69+,70+,72+,73+/m1/s1. The van der Waals surface area contributed by atoms with E-state index in [9.17, 15) is 95.7 Å². The number of benzene rings is 3. The van der Waals surface area contributed by atoms with Crippen LogP contribution in [0.4, 0.5) is 33.3 Å². The number of hydrogen-bond donors (Lipinski definition) is 12. The fourth-order valence-corrected chi connectivity index (χ4v) is 12.7. The van der Waals surface area contributed by atoms with Gasteiger partial charge in [-0.1, -0.05) is 23.3 Å². The predicted molar refractivity (Wildman–Crippen MR) is 403 cm³/mol. The van der Waals surface area contributed by atoms with Gasteiger partial charge in [0.05, 0.1) is 174 Å². The smallest absolute Gasteiger partial charge is 0.325 e. The van der Waals surface area contributed by atoms with Gasteiger partial charge in [0.25, 0.3) is 0 Å². The number of esters is 1. The Kier molecular flexibility index (Phi) is 44.3. The highest BCUT2D eigenvalue weighted by Crippen LogP contribution is 2.39. The van der Waals surface area contributed by atoms with Crippen molar-refractivity contribution < 1.29 is 162 Å². The van der Waals surface area contributed by atoms with Crippen LogP contribution < -0.4 is 24.8 Å². The van der Waals surface area contributed by atoms with Crippen molar-refractivity contribution in [3.8, 4) is 17.2 Å². The molecule has 2 aliphatic rings. The molecular formula is C73H108F5N9O29P2. The van der Waals surface area contributed by atoms with Gasteiger partial charge >= 0.3 is 21.2 Å². The average molecular weight is 1730 g/mol. The molecule has 664 valence electrons. The van der Waals surface area contributed by atoms with Crippen molar-refractivity contribution in [3.63, 3.8) is 0 Å². The molecule has 4 heterocycles. The van der Waals surface area contributed by atoms with Gasteiger partial charge in [0, 0.05) is 56.2 Å². The lowest BCUT2D eigenvalue weighted by Crippen LogP contribution is -2.59. The number of aromatic nitrogens is 6. The van der Waals surface area contributed by atoms with Gasteiger partial charge in [0.2, 0.25) is 59.2 Å². The molecule has 38 nitrogen and oxygen atoms in total. The number of aliphatic hydroxyl groups excluding tert-OH is 6. The summed E-state index contributed by atoms with van der Waals surface area (Å²) in [6, 6.07) is 12.3. The molecule has 0 radical (unpaired) electrons. The van der Waals surface area contributed by atoms with Gasteiger partial charge in [-0.25, -0.2) is 22.5 Å². The Hall–Kier alpha value is -6.82. The fraction of sp³-hybridized carbons (Fsp3) is 0.658. The molecule has 45 heteroatoms. The molecule has 2 fully saturated rings. The monoisotopic (exact) mass is 1730 g/mol. The molecule has 2 amide bonds. The summed E-state index contributed by atoms with van der Waals surface area (Å²) in [5.41, 5.74) is 2.58. The van der Waals surface area contributed by atoms with Crippen LogP contribution in [-0.4, -0.2) is 315 Å². The van der Waals surface area contributed by atoms with Crippen LogP contribution in [0.2, 0.25) is 0 Å². The molecular weight excluding hydrogens is 1620 g/mol. The summed E-state index contributed by atoms with van der Waals surface area (Å²) >= 11 is 0. The van der Waals surface area contributed by atoms with Crippen LogP contribution in [0.1, 0.15) is 82.0 Å². The second-order valence-corrected chi connectivity index (χ2v) is 30.9. The highest BCUT2D eigenvalue weighted by Gasteiger charge is 2.47. The van der Waals surface area contributed by atoms with E-state index >= 15 is 0 Å². The zero-order valence-corrected chi connectivity index (χ0v) is 66.8. The maximum atomic E-state index is 13.9. The number of carbonyl (C=O) groups excluding carboxylic acids is 3. The molecule has 7 rings (SSSR count). The Morgan fingerprint density at radius 3 is 1.13 bits per heavy atom.